The summed E-state index contributed by atoms with van der Waals surface area (Å²) >= 11 is 0. The number of carbonyl (C=O) groups is 1. The molecule has 22 heavy (non-hydrogen) atoms. The molecule has 1 heterocycles. The Labute approximate surface area is 133 Å². The Balaban J connectivity index is 1.73. The summed E-state index contributed by atoms with van der Waals surface area (Å²) in [6, 6.07) is 10.0. The Morgan fingerprint density at radius 2 is 2.09 bits per heavy atom. The highest BCUT2D eigenvalue weighted by molar-refractivity contribution is 5.96. The second kappa shape index (κ2) is 7.25. The van der Waals surface area contributed by atoms with E-state index in [1.54, 1.807) is 0 Å². The van der Waals surface area contributed by atoms with Crippen molar-refractivity contribution >= 4 is 11.6 Å². The molecule has 4 heteroatoms. The predicted octanol–water partition coefficient (Wildman–Crippen LogP) is 2.54. The van der Waals surface area contributed by atoms with Crippen molar-refractivity contribution in [3.63, 3.8) is 0 Å². The fourth-order valence-electron chi connectivity index (χ4n) is 3.05. The molecule has 0 N–H and O–H groups in total. The third kappa shape index (κ3) is 3.87. The number of para-hydroxylation sites is 1. The highest BCUT2D eigenvalue weighted by Gasteiger charge is 2.35. The zero-order chi connectivity index (χ0) is 15.4. The van der Waals surface area contributed by atoms with Gasteiger partial charge in [-0.3, -0.25) is 4.79 Å². The SMILES string of the molecule is CCN1CCCOC(CN(C(=O)C2CC2)c2ccccc2)C1. The van der Waals surface area contributed by atoms with E-state index in [0.29, 0.717) is 6.54 Å². The third-order valence-corrected chi connectivity index (χ3v) is 4.53. The van der Waals surface area contributed by atoms with Crippen LogP contribution >= 0.6 is 0 Å². The fourth-order valence-corrected chi connectivity index (χ4v) is 3.05. The average Bonchev–Trinajstić information content (AvgIpc) is 3.40. The molecular formula is C18H26N2O2. The van der Waals surface area contributed by atoms with Crippen LogP contribution in [0.3, 0.4) is 0 Å². The predicted molar refractivity (Wildman–Crippen MR) is 88.0 cm³/mol. The van der Waals surface area contributed by atoms with Crippen LogP contribution in [0.4, 0.5) is 5.69 Å². The molecule has 4 nitrogen and oxygen atoms in total. The van der Waals surface area contributed by atoms with Gasteiger partial charge in [-0.25, -0.2) is 0 Å². The molecule has 0 radical (unpaired) electrons. The largest absolute Gasteiger partial charge is 0.375 e. The Morgan fingerprint density at radius 1 is 1.32 bits per heavy atom. The van der Waals surface area contributed by atoms with Crippen molar-refractivity contribution in [2.45, 2.75) is 32.3 Å². The first-order chi connectivity index (χ1) is 10.8. The van der Waals surface area contributed by atoms with Gasteiger partial charge in [0.05, 0.1) is 12.6 Å². The van der Waals surface area contributed by atoms with Crippen molar-refractivity contribution < 1.29 is 9.53 Å². The van der Waals surface area contributed by atoms with Crippen molar-refractivity contribution in [1.82, 2.24) is 4.90 Å². The van der Waals surface area contributed by atoms with Gasteiger partial charge in [0.1, 0.15) is 0 Å². The monoisotopic (exact) mass is 302 g/mol. The number of rotatable bonds is 5. The number of hydrogen-bond acceptors (Lipinski definition) is 3. The molecule has 1 aliphatic carbocycles. The molecule has 120 valence electrons. The van der Waals surface area contributed by atoms with Crippen LogP contribution in [0.1, 0.15) is 26.2 Å². The highest BCUT2D eigenvalue weighted by Crippen LogP contribution is 2.33. The minimum atomic E-state index is 0.102. The molecule has 1 atom stereocenters. The van der Waals surface area contributed by atoms with Crippen molar-refractivity contribution in [1.29, 1.82) is 0 Å². The number of hydrogen-bond donors (Lipinski definition) is 0. The van der Waals surface area contributed by atoms with E-state index in [2.05, 4.69) is 11.8 Å². The summed E-state index contributed by atoms with van der Waals surface area (Å²) < 4.78 is 6.00. The first-order valence-corrected chi connectivity index (χ1v) is 8.48. The minimum absolute atomic E-state index is 0.102. The second-order valence-electron chi connectivity index (χ2n) is 6.30. The molecule has 1 unspecified atom stereocenters. The molecule has 1 aromatic carbocycles. The summed E-state index contributed by atoms with van der Waals surface area (Å²) in [6.07, 6.45) is 3.25. The molecule has 1 aliphatic heterocycles. The molecule has 1 saturated carbocycles. The van der Waals surface area contributed by atoms with Gasteiger partial charge in [-0.05, 0) is 37.9 Å². The van der Waals surface area contributed by atoms with Crippen molar-refractivity contribution in [2.24, 2.45) is 5.92 Å². The van der Waals surface area contributed by atoms with Crippen molar-refractivity contribution in [2.75, 3.05) is 37.7 Å². The van der Waals surface area contributed by atoms with Gasteiger partial charge in [-0.15, -0.1) is 0 Å². The van der Waals surface area contributed by atoms with E-state index < -0.39 is 0 Å². The Morgan fingerprint density at radius 3 is 2.77 bits per heavy atom. The van der Waals surface area contributed by atoms with E-state index in [9.17, 15) is 4.79 Å². The minimum Gasteiger partial charge on any atom is -0.375 e. The van der Waals surface area contributed by atoms with Crippen LogP contribution in [0.25, 0.3) is 0 Å². The Bertz CT molecular complexity index is 487. The fraction of sp³-hybridized carbons (Fsp3) is 0.611. The Kier molecular flexibility index (Phi) is 5.11. The summed E-state index contributed by atoms with van der Waals surface area (Å²) in [5, 5.41) is 0. The number of anilines is 1. The molecule has 1 amide bonds. The summed E-state index contributed by atoms with van der Waals surface area (Å²) in [5.41, 5.74) is 0.996. The molecule has 0 spiro atoms. The lowest BCUT2D eigenvalue weighted by atomic mass is 10.2. The normalized spacial score (nSPS) is 23.0. The standard InChI is InChI=1S/C18H26N2O2/c1-2-19-11-6-12-22-17(13-19)14-20(18(21)15-9-10-15)16-7-4-3-5-8-16/h3-5,7-8,15,17H,2,6,9-14H2,1H3. The number of ether oxygens (including phenoxy) is 1. The van der Waals surface area contributed by atoms with Gasteiger partial charge < -0.3 is 14.5 Å². The molecule has 1 aromatic rings. The summed E-state index contributed by atoms with van der Waals surface area (Å²) in [6.45, 7) is 6.69. The number of amides is 1. The van der Waals surface area contributed by atoms with E-state index in [1.165, 1.54) is 0 Å². The van der Waals surface area contributed by atoms with E-state index in [1.807, 2.05) is 35.2 Å². The van der Waals surface area contributed by atoms with Crippen LogP contribution in [-0.4, -0.2) is 49.7 Å². The van der Waals surface area contributed by atoms with Gasteiger partial charge in [0.25, 0.3) is 0 Å². The zero-order valence-corrected chi connectivity index (χ0v) is 13.4. The number of nitrogens with zero attached hydrogens (tertiary/aromatic N) is 2. The molecule has 2 fully saturated rings. The topological polar surface area (TPSA) is 32.8 Å². The van der Waals surface area contributed by atoms with E-state index in [-0.39, 0.29) is 17.9 Å². The van der Waals surface area contributed by atoms with Crippen molar-refractivity contribution in [3.05, 3.63) is 30.3 Å². The average molecular weight is 302 g/mol. The summed E-state index contributed by atoms with van der Waals surface area (Å²) in [5.74, 6) is 0.496. The van der Waals surface area contributed by atoms with Crippen LogP contribution < -0.4 is 4.90 Å². The lowest BCUT2D eigenvalue weighted by Gasteiger charge is -2.29. The van der Waals surface area contributed by atoms with E-state index >= 15 is 0 Å². The zero-order valence-electron chi connectivity index (χ0n) is 13.4. The highest BCUT2D eigenvalue weighted by atomic mass is 16.5. The molecular weight excluding hydrogens is 276 g/mol. The molecule has 2 aliphatic rings. The van der Waals surface area contributed by atoms with Crippen LogP contribution in [0.15, 0.2) is 30.3 Å². The number of benzene rings is 1. The van der Waals surface area contributed by atoms with Crippen LogP contribution in [-0.2, 0) is 9.53 Å². The van der Waals surface area contributed by atoms with Crippen LogP contribution in [0.2, 0.25) is 0 Å². The molecule has 1 saturated heterocycles. The van der Waals surface area contributed by atoms with Gasteiger partial charge in [0, 0.05) is 31.3 Å². The van der Waals surface area contributed by atoms with Gasteiger partial charge in [0.2, 0.25) is 5.91 Å². The quantitative estimate of drug-likeness (QED) is 0.838. The molecule has 3 rings (SSSR count). The first kappa shape index (κ1) is 15.5. The maximum absolute atomic E-state index is 12.7. The smallest absolute Gasteiger partial charge is 0.230 e. The van der Waals surface area contributed by atoms with Gasteiger partial charge in [0.15, 0.2) is 0 Å². The van der Waals surface area contributed by atoms with Gasteiger partial charge in [-0.2, -0.15) is 0 Å². The van der Waals surface area contributed by atoms with Crippen LogP contribution in [0.5, 0.6) is 0 Å². The summed E-state index contributed by atoms with van der Waals surface area (Å²) in [7, 11) is 0. The van der Waals surface area contributed by atoms with Gasteiger partial charge in [-0.1, -0.05) is 25.1 Å². The molecule has 0 aromatic heterocycles. The first-order valence-electron chi connectivity index (χ1n) is 8.48. The maximum atomic E-state index is 12.7. The van der Waals surface area contributed by atoms with E-state index in [4.69, 9.17) is 4.74 Å². The maximum Gasteiger partial charge on any atom is 0.230 e. The summed E-state index contributed by atoms with van der Waals surface area (Å²) in [4.78, 5) is 17.0. The second-order valence-corrected chi connectivity index (χ2v) is 6.30. The number of carbonyl (C=O) groups excluding carboxylic acids is 1. The third-order valence-electron chi connectivity index (χ3n) is 4.53. The Hall–Kier alpha value is -1.39. The van der Waals surface area contributed by atoms with Gasteiger partial charge >= 0.3 is 0 Å². The lowest BCUT2D eigenvalue weighted by molar-refractivity contribution is -0.120. The van der Waals surface area contributed by atoms with Crippen LogP contribution in [0, 0.1) is 5.92 Å². The van der Waals surface area contributed by atoms with E-state index in [0.717, 1.165) is 51.2 Å². The lowest BCUT2D eigenvalue weighted by Crippen LogP contribution is -2.43. The molecule has 0 bridgehead atoms. The van der Waals surface area contributed by atoms with Crippen molar-refractivity contribution in [3.8, 4) is 0 Å². The number of likely N-dealkylation sites (N-methyl/N-ethyl adjacent to an activating group) is 1.